The Labute approximate surface area is 103 Å². The van der Waals surface area contributed by atoms with Crippen LogP contribution in [-0.4, -0.2) is 29.0 Å². The highest BCUT2D eigenvalue weighted by molar-refractivity contribution is 5.25. The molecule has 0 atom stereocenters. The van der Waals surface area contributed by atoms with Gasteiger partial charge >= 0.3 is 6.18 Å². The molecule has 0 saturated carbocycles. The standard InChI is InChI=1S/C12H16F3NO2/c1-11(7-17,8-18)16-6-9-3-2-4-10(5-9)12(13,14)15/h2-5,16-18H,6-8H2,1H3. The highest BCUT2D eigenvalue weighted by atomic mass is 19.4. The van der Waals surface area contributed by atoms with Gasteiger partial charge in [-0.15, -0.1) is 0 Å². The fourth-order valence-electron chi connectivity index (χ4n) is 1.33. The van der Waals surface area contributed by atoms with Crippen LogP contribution in [0.2, 0.25) is 0 Å². The van der Waals surface area contributed by atoms with Gasteiger partial charge < -0.3 is 15.5 Å². The molecular formula is C12H16F3NO2. The Morgan fingerprint density at radius 1 is 1.17 bits per heavy atom. The molecule has 0 fully saturated rings. The van der Waals surface area contributed by atoms with E-state index in [1.54, 1.807) is 13.0 Å². The zero-order valence-electron chi connectivity index (χ0n) is 9.96. The third-order valence-electron chi connectivity index (χ3n) is 2.67. The van der Waals surface area contributed by atoms with Crippen LogP contribution in [0.4, 0.5) is 13.2 Å². The molecule has 1 rings (SSSR count). The van der Waals surface area contributed by atoms with Gasteiger partial charge in [-0.05, 0) is 18.6 Å². The number of aliphatic hydroxyl groups is 2. The predicted molar refractivity (Wildman–Crippen MR) is 60.9 cm³/mol. The SMILES string of the molecule is CC(CO)(CO)NCc1cccc(C(F)(F)F)c1. The molecule has 3 N–H and O–H groups in total. The minimum absolute atomic E-state index is 0.140. The molecule has 1 aromatic carbocycles. The van der Waals surface area contributed by atoms with Crippen molar-refractivity contribution in [3.05, 3.63) is 35.4 Å². The number of rotatable bonds is 5. The van der Waals surface area contributed by atoms with E-state index in [4.69, 9.17) is 10.2 Å². The van der Waals surface area contributed by atoms with Crippen LogP contribution in [0.5, 0.6) is 0 Å². The molecule has 0 bridgehead atoms. The van der Waals surface area contributed by atoms with Crippen molar-refractivity contribution in [2.45, 2.75) is 25.2 Å². The highest BCUT2D eigenvalue weighted by Gasteiger charge is 2.30. The average molecular weight is 263 g/mol. The van der Waals surface area contributed by atoms with E-state index in [0.717, 1.165) is 12.1 Å². The number of benzene rings is 1. The Kier molecular flexibility index (Phi) is 4.72. The second-order valence-corrected chi connectivity index (χ2v) is 4.43. The summed E-state index contributed by atoms with van der Waals surface area (Å²) < 4.78 is 37.4. The first-order valence-electron chi connectivity index (χ1n) is 5.43. The number of hydrogen-bond acceptors (Lipinski definition) is 3. The fourth-order valence-corrected chi connectivity index (χ4v) is 1.33. The van der Waals surface area contributed by atoms with Crippen LogP contribution in [0.15, 0.2) is 24.3 Å². The summed E-state index contributed by atoms with van der Waals surface area (Å²) in [6.45, 7) is 1.12. The molecule has 0 aliphatic rings. The van der Waals surface area contributed by atoms with Crippen molar-refractivity contribution < 1.29 is 23.4 Å². The van der Waals surface area contributed by atoms with E-state index in [1.807, 2.05) is 0 Å². The van der Waals surface area contributed by atoms with E-state index in [-0.39, 0.29) is 19.8 Å². The van der Waals surface area contributed by atoms with Crippen molar-refractivity contribution >= 4 is 0 Å². The lowest BCUT2D eigenvalue weighted by Crippen LogP contribution is -2.48. The Balaban J connectivity index is 2.75. The van der Waals surface area contributed by atoms with Gasteiger partial charge in [-0.2, -0.15) is 13.2 Å². The Morgan fingerprint density at radius 3 is 2.28 bits per heavy atom. The van der Waals surface area contributed by atoms with Gasteiger partial charge in [-0.1, -0.05) is 18.2 Å². The number of alkyl halides is 3. The fraction of sp³-hybridized carbons (Fsp3) is 0.500. The van der Waals surface area contributed by atoms with Crippen molar-refractivity contribution in [1.29, 1.82) is 0 Å². The normalized spacial score (nSPS) is 12.8. The molecule has 0 saturated heterocycles. The highest BCUT2D eigenvalue weighted by Crippen LogP contribution is 2.29. The summed E-state index contributed by atoms with van der Waals surface area (Å²) in [7, 11) is 0. The smallest absolute Gasteiger partial charge is 0.394 e. The molecule has 0 unspecified atom stereocenters. The lowest BCUT2D eigenvalue weighted by Gasteiger charge is -2.26. The van der Waals surface area contributed by atoms with Crippen molar-refractivity contribution in [1.82, 2.24) is 5.32 Å². The monoisotopic (exact) mass is 263 g/mol. The zero-order chi connectivity index (χ0) is 13.8. The maximum Gasteiger partial charge on any atom is 0.416 e. The van der Waals surface area contributed by atoms with Crippen molar-refractivity contribution in [2.75, 3.05) is 13.2 Å². The lowest BCUT2D eigenvalue weighted by atomic mass is 10.0. The molecule has 1 aromatic rings. The molecule has 3 nitrogen and oxygen atoms in total. The molecular weight excluding hydrogens is 247 g/mol. The third kappa shape index (κ3) is 3.97. The van der Waals surface area contributed by atoms with Gasteiger partial charge in [0.15, 0.2) is 0 Å². The molecule has 18 heavy (non-hydrogen) atoms. The maximum absolute atomic E-state index is 12.5. The maximum atomic E-state index is 12.5. The van der Waals surface area contributed by atoms with Crippen LogP contribution in [0.3, 0.4) is 0 Å². The van der Waals surface area contributed by atoms with Crippen LogP contribution < -0.4 is 5.32 Å². The summed E-state index contributed by atoms with van der Waals surface area (Å²) in [5.41, 5.74) is -1.18. The van der Waals surface area contributed by atoms with Crippen LogP contribution in [-0.2, 0) is 12.7 Å². The quantitative estimate of drug-likeness (QED) is 0.755. The number of nitrogens with one attached hydrogen (secondary N) is 1. The molecule has 0 aliphatic heterocycles. The summed E-state index contributed by atoms with van der Waals surface area (Å²) in [5, 5.41) is 20.9. The van der Waals surface area contributed by atoms with Crippen molar-refractivity contribution in [3.8, 4) is 0 Å². The Hall–Kier alpha value is -1.11. The summed E-state index contributed by atoms with van der Waals surface area (Å²) in [4.78, 5) is 0. The second kappa shape index (κ2) is 5.69. The molecule has 0 amide bonds. The lowest BCUT2D eigenvalue weighted by molar-refractivity contribution is -0.137. The van der Waals surface area contributed by atoms with Gasteiger partial charge in [0.05, 0.1) is 24.3 Å². The third-order valence-corrected chi connectivity index (χ3v) is 2.67. The Bertz CT molecular complexity index is 389. The van der Waals surface area contributed by atoms with E-state index < -0.39 is 17.3 Å². The first-order chi connectivity index (χ1) is 8.30. The van der Waals surface area contributed by atoms with Gasteiger partial charge in [-0.3, -0.25) is 0 Å². The average Bonchev–Trinajstić information content (AvgIpc) is 2.35. The molecule has 0 heterocycles. The number of halogens is 3. The van der Waals surface area contributed by atoms with Gasteiger partial charge in [0.2, 0.25) is 0 Å². The van der Waals surface area contributed by atoms with E-state index in [0.29, 0.717) is 5.56 Å². The molecule has 0 aromatic heterocycles. The number of hydrogen-bond donors (Lipinski definition) is 3. The van der Waals surface area contributed by atoms with Crippen LogP contribution >= 0.6 is 0 Å². The van der Waals surface area contributed by atoms with Crippen molar-refractivity contribution in [3.63, 3.8) is 0 Å². The molecule has 0 spiro atoms. The number of aliphatic hydroxyl groups excluding tert-OH is 2. The van der Waals surface area contributed by atoms with Crippen LogP contribution in [0, 0.1) is 0 Å². The van der Waals surface area contributed by atoms with E-state index >= 15 is 0 Å². The second-order valence-electron chi connectivity index (χ2n) is 4.43. The summed E-state index contributed by atoms with van der Waals surface area (Å²) in [6.07, 6.45) is -4.37. The minimum Gasteiger partial charge on any atom is -0.394 e. The van der Waals surface area contributed by atoms with Gasteiger partial charge in [0.25, 0.3) is 0 Å². The Morgan fingerprint density at radius 2 is 1.78 bits per heavy atom. The molecule has 0 radical (unpaired) electrons. The van der Waals surface area contributed by atoms with Crippen molar-refractivity contribution in [2.24, 2.45) is 0 Å². The molecule has 0 aliphatic carbocycles. The largest absolute Gasteiger partial charge is 0.416 e. The van der Waals surface area contributed by atoms with E-state index in [2.05, 4.69) is 5.32 Å². The predicted octanol–water partition coefficient (Wildman–Crippen LogP) is 1.54. The minimum atomic E-state index is -4.37. The topological polar surface area (TPSA) is 52.5 Å². The first-order valence-corrected chi connectivity index (χ1v) is 5.43. The van der Waals surface area contributed by atoms with Gasteiger partial charge in [0.1, 0.15) is 0 Å². The van der Waals surface area contributed by atoms with E-state index in [9.17, 15) is 13.2 Å². The van der Waals surface area contributed by atoms with Gasteiger partial charge in [-0.25, -0.2) is 0 Å². The first kappa shape index (κ1) is 14.9. The van der Waals surface area contributed by atoms with Crippen LogP contribution in [0.25, 0.3) is 0 Å². The summed E-state index contributed by atoms with van der Waals surface area (Å²) in [6, 6.07) is 4.93. The molecule has 6 heteroatoms. The van der Waals surface area contributed by atoms with Crippen LogP contribution in [0.1, 0.15) is 18.1 Å². The summed E-state index contributed by atoms with van der Waals surface area (Å²) in [5.74, 6) is 0. The summed E-state index contributed by atoms with van der Waals surface area (Å²) >= 11 is 0. The van der Waals surface area contributed by atoms with E-state index in [1.165, 1.54) is 6.07 Å². The van der Waals surface area contributed by atoms with Gasteiger partial charge in [0, 0.05) is 6.54 Å². The molecule has 102 valence electrons. The zero-order valence-corrected chi connectivity index (χ0v) is 9.96.